The van der Waals surface area contributed by atoms with Crippen molar-refractivity contribution >= 4 is 6.03 Å². The van der Waals surface area contributed by atoms with Gasteiger partial charge in [0.05, 0.1) is 18.7 Å². The molecule has 2 aliphatic heterocycles. The van der Waals surface area contributed by atoms with Gasteiger partial charge in [0.2, 0.25) is 0 Å². The van der Waals surface area contributed by atoms with Crippen molar-refractivity contribution in [1.29, 1.82) is 0 Å². The highest BCUT2D eigenvalue weighted by Gasteiger charge is 2.53. The second-order valence-corrected chi connectivity index (χ2v) is 7.02. The summed E-state index contributed by atoms with van der Waals surface area (Å²) in [4.78, 5) is 20.2. The average molecular weight is 293 g/mol. The van der Waals surface area contributed by atoms with Crippen molar-refractivity contribution in [1.82, 2.24) is 24.6 Å². The zero-order valence-corrected chi connectivity index (χ0v) is 13.1. The van der Waals surface area contributed by atoms with Crippen molar-refractivity contribution in [2.75, 3.05) is 26.2 Å². The summed E-state index contributed by atoms with van der Waals surface area (Å²) in [6.07, 6.45) is 2.80. The number of likely N-dealkylation sites (tertiary alicyclic amines) is 1. The van der Waals surface area contributed by atoms with Crippen molar-refractivity contribution in [3.05, 3.63) is 12.7 Å². The Labute approximate surface area is 124 Å². The van der Waals surface area contributed by atoms with Crippen molar-refractivity contribution < 1.29 is 9.53 Å². The van der Waals surface area contributed by atoms with Gasteiger partial charge in [0, 0.05) is 19.1 Å². The predicted molar refractivity (Wildman–Crippen MR) is 77.0 cm³/mol. The van der Waals surface area contributed by atoms with Gasteiger partial charge >= 0.3 is 6.03 Å². The number of amides is 1. The van der Waals surface area contributed by atoms with Gasteiger partial charge in [-0.1, -0.05) is 0 Å². The van der Waals surface area contributed by atoms with Crippen LogP contribution in [0.5, 0.6) is 0 Å². The molecular formula is C14H23N5O2. The second kappa shape index (κ2) is 4.78. The highest BCUT2D eigenvalue weighted by atomic mass is 16.5. The van der Waals surface area contributed by atoms with E-state index in [9.17, 15) is 4.79 Å². The summed E-state index contributed by atoms with van der Waals surface area (Å²) in [7, 11) is 0. The van der Waals surface area contributed by atoms with Crippen LogP contribution in [-0.4, -0.2) is 74.0 Å². The van der Waals surface area contributed by atoms with Crippen LogP contribution in [0.4, 0.5) is 4.79 Å². The Bertz CT molecular complexity index is 519. The van der Waals surface area contributed by atoms with E-state index in [0.717, 1.165) is 13.1 Å². The molecular weight excluding hydrogens is 270 g/mol. The van der Waals surface area contributed by atoms with Gasteiger partial charge in [0.1, 0.15) is 18.3 Å². The molecule has 0 saturated carbocycles. The molecule has 7 nitrogen and oxygen atoms in total. The summed E-state index contributed by atoms with van der Waals surface area (Å²) in [5.74, 6) is 0. The highest BCUT2D eigenvalue weighted by Crippen LogP contribution is 2.36. The van der Waals surface area contributed by atoms with Crippen LogP contribution in [0, 0.1) is 0 Å². The maximum Gasteiger partial charge on any atom is 0.346 e. The smallest absolute Gasteiger partial charge is 0.346 e. The molecule has 0 radical (unpaired) electrons. The van der Waals surface area contributed by atoms with Crippen molar-refractivity contribution in [2.24, 2.45) is 0 Å². The van der Waals surface area contributed by atoms with E-state index >= 15 is 0 Å². The van der Waals surface area contributed by atoms with Gasteiger partial charge in [0.15, 0.2) is 0 Å². The molecule has 1 aromatic heterocycles. The molecule has 3 heterocycles. The Kier molecular flexibility index (Phi) is 3.29. The lowest BCUT2D eigenvalue weighted by atomic mass is 9.88. The lowest BCUT2D eigenvalue weighted by Gasteiger charge is -2.58. The average Bonchev–Trinajstić information content (AvgIpc) is 2.86. The Morgan fingerprint density at radius 2 is 1.95 bits per heavy atom. The number of carbonyl (C=O) groups is 1. The van der Waals surface area contributed by atoms with Crippen LogP contribution in [0.15, 0.2) is 12.7 Å². The van der Waals surface area contributed by atoms with E-state index in [0.29, 0.717) is 19.1 Å². The summed E-state index contributed by atoms with van der Waals surface area (Å²) >= 11 is 0. The summed E-state index contributed by atoms with van der Waals surface area (Å²) < 4.78 is 7.56. The fourth-order valence-electron chi connectivity index (χ4n) is 3.33. The molecule has 3 rings (SSSR count). The van der Waals surface area contributed by atoms with E-state index in [1.165, 1.54) is 17.3 Å². The van der Waals surface area contributed by atoms with E-state index in [4.69, 9.17) is 4.74 Å². The molecule has 0 aromatic carbocycles. The van der Waals surface area contributed by atoms with E-state index in [1.807, 2.05) is 0 Å². The van der Waals surface area contributed by atoms with Crippen LogP contribution in [0.3, 0.4) is 0 Å². The number of rotatable bonds is 1. The maximum atomic E-state index is 12.2. The van der Waals surface area contributed by atoms with E-state index < -0.39 is 0 Å². The van der Waals surface area contributed by atoms with Crippen molar-refractivity contribution in [3.8, 4) is 0 Å². The van der Waals surface area contributed by atoms with Gasteiger partial charge in [-0.3, -0.25) is 4.90 Å². The van der Waals surface area contributed by atoms with Crippen LogP contribution in [-0.2, 0) is 4.74 Å². The minimum absolute atomic E-state index is 0.138. The molecule has 2 fully saturated rings. The number of hydrogen-bond acceptors (Lipinski definition) is 5. The SMILES string of the molecule is CC(C)N1CC(C)(C)OC2(CN(C(=O)n3cncn3)C2)C1. The summed E-state index contributed by atoms with van der Waals surface area (Å²) in [6.45, 7) is 11.6. The largest absolute Gasteiger partial charge is 0.363 e. The van der Waals surface area contributed by atoms with Crippen LogP contribution >= 0.6 is 0 Å². The molecule has 2 aliphatic rings. The van der Waals surface area contributed by atoms with E-state index in [2.05, 4.69) is 42.7 Å². The molecule has 7 heteroatoms. The molecule has 1 aromatic rings. The Morgan fingerprint density at radius 3 is 2.52 bits per heavy atom. The highest BCUT2D eigenvalue weighted by molar-refractivity contribution is 5.76. The molecule has 1 spiro atoms. The lowest BCUT2D eigenvalue weighted by molar-refractivity contribution is -0.242. The predicted octanol–water partition coefficient (Wildman–Crippen LogP) is 0.820. The molecule has 0 N–H and O–H groups in total. The van der Waals surface area contributed by atoms with Crippen LogP contribution < -0.4 is 0 Å². The fourth-order valence-corrected chi connectivity index (χ4v) is 3.33. The topological polar surface area (TPSA) is 63.5 Å². The third-order valence-corrected chi connectivity index (χ3v) is 4.14. The number of hydrogen-bond donors (Lipinski definition) is 0. The summed E-state index contributed by atoms with van der Waals surface area (Å²) in [5.41, 5.74) is -0.437. The Hall–Kier alpha value is -1.47. The minimum atomic E-state index is -0.248. The van der Waals surface area contributed by atoms with Gasteiger partial charge in [-0.15, -0.1) is 0 Å². The molecule has 0 unspecified atom stereocenters. The first kappa shape index (κ1) is 14.5. The molecule has 116 valence electrons. The molecule has 0 bridgehead atoms. The van der Waals surface area contributed by atoms with Gasteiger partial charge in [-0.05, 0) is 27.7 Å². The minimum Gasteiger partial charge on any atom is -0.363 e. The Morgan fingerprint density at radius 1 is 1.24 bits per heavy atom. The van der Waals surface area contributed by atoms with E-state index in [1.54, 1.807) is 4.90 Å². The normalized spacial score (nSPS) is 24.3. The standard InChI is InChI=1S/C14H23N5O2/c1-11(2)17-5-13(3,4)21-14(6-17)7-18(8-14)12(20)19-10-15-9-16-19/h9-11H,5-8H2,1-4H3. The molecule has 0 atom stereocenters. The van der Waals surface area contributed by atoms with Crippen LogP contribution in [0.2, 0.25) is 0 Å². The molecule has 0 aliphatic carbocycles. The zero-order chi connectivity index (χ0) is 15.3. The van der Waals surface area contributed by atoms with Gasteiger partial charge in [-0.25, -0.2) is 9.78 Å². The number of ether oxygens (including phenoxy) is 1. The Balaban J connectivity index is 1.69. The van der Waals surface area contributed by atoms with Gasteiger partial charge in [-0.2, -0.15) is 9.78 Å². The fraction of sp³-hybridized carbons (Fsp3) is 0.786. The third-order valence-electron chi connectivity index (χ3n) is 4.14. The van der Waals surface area contributed by atoms with Crippen LogP contribution in [0.25, 0.3) is 0 Å². The van der Waals surface area contributed by atoms with Gasteiger partial charge in [0.25, 0.3) is 0 Å². The first-order chi connectivity index (χ1) is 9.80. The number of carbonyl (C=O) groups excluding carboxylic acids is 1. The molecule has 2 saturated heterocycles. The van der Waals surface area contributed by atoms with E-state index in [-0.39, 0.29) is 17.2 Å². The first-order valence-electron chi connectivity index (χ1n) is 7.38. The number of aromatic nitrogens is 3. The zero-order valence-electron chi connectivity index (χ0n) is 13.1. The molecule has 21 heavy (non-hydrogen) atoms. The number of morpholine rings is 1. The first-order valence-corrected chi connectivity index (χ1v) is 7.38. The summed E-state index contributed by atoms with van der Waals surface area (Å²) in [6, 6.07) is 0.339. The maximum absolute atomic E-state index is 12.2. The number of nitrogens with zero attached hydrogens (tertiary/aromatic N) is 5. The monoisotopic (exact) mass is 293 g/mol. The quantitative estimate of drug-likeness (QED) is 0.767. The van der Waals surface area contributed by atoms with Crippen LogP contribution in [0.1, 0.15) is 27.7 Å². The van der Waals surface area contributed by atoms with Crippen molar-refractivity contribution in [2.45, 2.75) is 44.9 Å². The lowest BCUT2D eigenvalue weighted by Crippen LogP contribution is -2.75. The third kappa shape index (κ3) is 2.67. The second-order valence-electron chi connectivity index (χ2n) is 7.02. The summed E-state index contributed by atoms with van der Waals surface area (Å²) in [5, 5.41) is 3.89. The molecule has 1 amide bonds. The van der Waals surface area contributed by atoms with Crippen molar-refractivity contribution in [3.63, 3.8) is 0 Å². The van der Waals surface area contributed by atoms with Gasteiger partial charge < -0.3 is 9.64 Å².